The number of pyridine rings is 1. The molecule has 0 aromatic carbocycles. The minimum Gasteiger partial charge on any atom is -0.506 e. The summed E-state index contributed by atoms with van der Waals surface area (Å²) in [7, 11) is 0. The monoisotopic (exact) mass is 197 g/mol. The van der Waals surface area contributed by atoms with Gasteiger partial charge in [0.25, 0.3) is 0 Å². The molecule has 1 aromatic heterocycles. The van der Waals surface area contributed by atoms with Gasteiger partial charge < -0.3 is 15.3 Å². The van der Waals surface area contributed by atoms with Crippen molar-refractivity contribution < 1.29 is 20.1 Å². The third-order valence-corrected chi connectivity index (χ3v) is 1.93. The van der Waals surface area contributed by atoms with Crippen molar-refractivity contribution in [1.29, 1.82) is 0 Å². The van der Waals surface area contributed by atoms with Gasteiger partial charge in [0, 0.05) is 17.3 Å². The van der Waals surface area contributed by atoms with Gasteiger partial charge in [0.1, 0.15) is 5.75 Å². The predicted molar refractivity (Wildman–Crippen MR) is 47.9 cm³/mol. The molecule has 5 heteroatoms. The average Bonchev–Trinajstić information content (AvgIpc) is 2.13. The lowest BCUT2D eigenvalue weighted by Gasteiger charge is -2.08. The van der Waals surface area contributed by atoms with Crippen LogP contribution in [0.25, 0.3) is 0 Å². The molecular weight excluding hydrogens is 186 g/mol. The van der Waals surface area contributed by atoms with E-state index in [2.05, 4.69) is 4.98 Å². The Bertz CT molecular complexity index is 362. The first kappa shape index (κ1) is 10.5. The van der Waals surface area contributed by atoms with E-state index < -0.39 is 5.97 Å². The van der Waals surface area contributed by atoms with Gasteiger partial charge in [0.2, 0.25) is 0 Å². The van der Waals surface area contributed by atoms with Gasteiger partial charge in [0.05, 0.1) is 18.7 Å². The molecule has 0 spiro atoms. The van der Waals surface area contributed by atoms with Gasteiger partial charge in [0.15, 0.2) is 0 Å². The summed E-state index contributed by atoms with van der Waals surface area (Å²) < 4.78 is 0. The summed E-state index contributed by atoms with van der Waals surface area (Å²) in [5, 5.41) is 27.0. The Labute approximate surface area is 80.7 Å². The van der Waals surface area contributed by atoms with E-state index in [0.717, 1.165) is 0 Å². The van der Waals surface area contributed by atoms with Crippen LogP contribution in [0.15, 0.2) is 6.20 Å². The largest absolute Gasteiger partial charge is 0.506 e. The molecule has 76 valence electrons. The second-order valence-electron chi connectivity index (χ2n) is 2.92. The van der Waals surface area contributed by atoms with E-state index >= 15 is 0 Å². The van der Waals surface area contributed by atoms with Crippen LogP contribution in [0.1, 0.15) is 16.8 Å². The van der Waals surface area contributed by atoms with Gasteiger partial charge in [-0.05, 0) is 6.92 Å². The maximum absolute atomic E-state index is 10.5. The first-order valence-corrected chi connectivity index (χ1v) is 4.05. The van der Waals surface area contributed by atoms with Crippen molar-refractivity contribution in [3.8, 4) is 5.75 Å². The Morgan fingerprint density at radius 1 is 1.57 bits per heavy atom. The number of aliphatic hydroxyl groups is 1. The summed E-state index contributed by atoms with van der Waals surface area (Å²) in [6, 6.07) is 0. The lowest BCUT2D eigenvalue weighted by atomic mass is 10.1. The van der Waals surface area contributed by atoms with Crippen LogP contribution < -0.4 is 0 Å². The smallest absolute Gasteiger partial charge is 0.307 e. The molecule has 0 radical (unpaired) electrons. The Morgan fingerprint density at radius 2 is 2.21 bits per heavy atom. The quantitative estimate of drug-likeness (QED) is 0.644. The van der Waals surface area contributed by atoms with Crippen molar-refractivity contribution >= 4 is 5.97 Å². The lowest BCUT2D eigenvalue weighted by Crippen LogP contribution is -2.06. The Kier molecular flexibility index (Phi) is 3.03. The van der Waals surface area contributed by atoms with Crippen molar-refractivity contribution in [3.63, 3.8) is 0 Å². The SMILES string of the molecule is Cc1ncc(CO)c(CC(=O)O)c1O. The van der Waals surface area contributed by atoms with Crippen LogP contribution in [0, 0.1) is 6.92 Å². The van der Waals surface area contributed by atoms with Crippen molar-refractivity contribution in [2.24, 2.45) is 0 Å². The lowest BCUT2D eigenvalue weighted by molar-refractivity contribution is -0.136. The molecule has 0 aliphatic rings. The van der Waals surface area contributed by atoms with Crippen molar-refractivity contribution in [1.82, 2.24) is 4.98 Å². The van der Waals surface area contributed by atoms with Crippen LogP contribution in [0.2, 0.25) is 0 Å². The number of aliphatic carboxylic acids is 1. The van der Waals surface area contributed by atoms with Gasteiger partial charge in [-0.3, -0.25) is 9.78 Å². The molecule has 1 rings (SSSR count). The number of hydrogen-bond acceptors (Lipinski definition) is 4. The van der Waals surface area contributed by atoms with Crippen LogP contribution in [-0.2, 0) is 17.8 Å². The van der Waals surface area contributed by atoms with Crippen LogP contribution in [0.3, 0.4) is 0 Å². The first-order valence-electron chi connectivity index (χ1n) is 4.05. The standard InChI is InChI=1S/C9H11NO4/c1-5-9(14)7(2-8(12)13)6(4-11)3-10-5/h3,11,14H,2,4H2,1H3,(H,12,13). The highest BCUT2D eigenvalue weighted by Crippen LogP contribution is 2.24. The summed E-state index contributed by atoms with van der Waals surface area (Å²) in [6.07, 6.45) is 1.05. The van der Waals surface area contributed by atoms with E-state index in [4.69, 9.17) is 10.2 Å². The zero-order valence-electron chi connectivity index (χ0n) is 7.69. The fraction of sp³-hybridized carbons (Fsp3) is 0.333. The molecule has 0 bridgehead atoms. The van der Waals surface area contributed by atoms with Gasteiger partial charge in [-0.15, -0.1) is 0 Å². The number of carbonyl (C=O) groups is 1. The molecule has 0 unspecified atom stereocenters. The molecule has 0 aliphatic carbocycles. The minimum absolute atomic E-state index is 0.154. The highest BCUT2D eigenvalue weighted by atomic mass is 16.4. The number of hydrogen-bond donors (Lipinski definition) is 3. The summed E-state index contributed by atoms with van der Waals surface area (Å²) >= 11 is 0. The normalized spacial score (nSPS) is 10.1. The summed E-state index contributed by atoms with van der Waals surface area (Å²) in [6.45, 7) is 1.24. The number of carboxylic acids is 1. The van der Waals surface area contributed by atoms with E-state index in [-0.39, 0.29) is 24.3 Å². The molecule has 0 saturated carbocycles. The second-order valence-corrected chi connectivity index (χ2v) is 2.92. The van der Waals surface area contributed by atoms with E-state index in [1.165, 1.54) is 6.20 Å². The van der Waals surface area contributed by atoms with E-state index in [1.54, 1.807) is 6.92 Å². The highest BCUT2D eigenvalue weighted by Gasteiger charge is 2.13. The van der Waals surface area contributed by atoms with E-state index in [9.17, 15) is 9.90 Å². The maximum Gasteiger partial charge on any atom is 0.307 e. The molecule has 5 nitrogen and oxygen atoms in total. The Hall–Kier alpha value is -1.62. The minimum atomic E-state index is -1.05. The van der Waals surface area contributed by atoms with Gasteiger partial charge >= 0.3 is 5.97 Å². The third kappa shape index (κ3) is 2.00. The number of carboxylic acid groups (broad SMARTS) is 1. The van der Waals surface area contributed by atoms with Crippen molar-refractivity contribution in [2.45, 2.75) is 20.0 Å². The Morgan fingerprint density at radius 3 is 2.71 bits per heavy atom. The molecule has 0 saturated heterocycles. The zero-order chi connectivity index (χ0) is 10.7. The number of rotatable bonds is 3. The molecule has 0 amide bonds. The van der Waals surface area contributed by atoms with E-state index in [1.807, 2.05) is 0 Å². The van der Waals surface area contributed by atoms with Gasteiger partial charge in [-0.2, -0.15) is 0 Å². The maximum atomic E-state index is 10.5. The summed E-state index contributed by atoms with van der Waals surface area (Å²) in [5.74, 6) is -1.21. The summed E-state index contributed by atoms with van der Waals surface area (Å²) in [5.41, 5.74) is 0.932. The van der Waals surface area contributed by atoms with Crippen molar-refractivity contribution in [3.05, 3.63) is 23.0 Å². The second kappa shape index (κ2) is 4.06. The number of aryl methyl sites for hydroxylation is 1. The predicted octanol–water partition coefficient (Wildman–Crippen LogP) is 0.215. The van der Waals surface area contributed by atoms with Gasteiger partial charge in [-0.1, -0.05) is 0 Å². The number of aliphatic hydroxyl groups excluding tert-OH is 1. The molecule has 0 atom stereocenters. The van der Waals surface area contributed by atoms with Crippen LogP contribution >= 0.6 is 0 Å². The van der Waals surface area contributed by atoms with Gasteiger partial charge in [-0.25, -0.2) is 0 Å². The molecule has 0 aliphatic heterocycles. The fourth-order valence-electron chi connectivity index (χ4n) is 1.17. The zero-order valence-corrected chi connectivity index (χ0v) is 7.69. The molecule has 0 fully saturated rings. The molecule has 1 heterocycles. The average molecular weight is 197 g/mol. The fourth-order valence-corrected chi connectivity index (χ4v) is 1.17. The molecule has 14 heavy (non-hydrogen) atoms. The highest BCUT2D eigenvalue weighted by molar-refractivity contribution is 5.72. The molecular formula is C9H11NO4. The van der Waals surface area contributed by atoms with Crippen molar-refractivity contribution in [2.75, 3.05) is 0 Å². The number of aromatic nitrogens is 1. The van der Waals surface area contributed by atoms with E-state index in [0.29, 0.717) is 11.3 Å². The number of aromatic hydroxyl groups is 1. The summed E-state index contributed by atoms with van der Waals surface area (Å²) in [4.78, 5) is 14.3. The molecule has 3 N–H and O–H groups in total. The van der Waals surface area contributed by atoms with Crippen LogP contribution in [0.5, 0.6) is 5.75 Å². The topological polar surface area (TPSA) is 90.7 Å². The first-order chi connectivity index (χ1) is 6.56. The third-order valence-electron chi connectivity index (χ3n) is 1.93. The van der Waals surface area contributed by atoms with Crippen LogP contribution in [-0.4, -0.2) is 26.3 Å². The number of nitrogens with zero attached hydrogens (tertiary/aromatic N) is 1. The Balaban J connectivity index is 3.20. The molecule has 1 aromatic rings. The van der Waals surface area contributed by atoms with Crippen LogP contribution in [0.4, 0.5) is 0 Å².